The highest BCUT2D eigenvalue weighted by Gasteiger charge is 2.25. The van der Waals surface area contributed by atoms with E-state index >= 15 is 0 Å². The van der Waals surface area contributed by atoms with Gasteiger partial charge in [0.05, 0.1) is 20.8 Å². The Hall–Kier alpha value is -1.82. The van der Waals surface area contributed by atoms with Crippen LogP contribution in [0.15, 0.2) is 36.4 Å². The van der Waals surface area contributed by atoms with Gasteiger partial charge in [0.15, 0.2) is 5.13 Å². The predicted molar refractivity (Wildman–Crippen MR) is 114 cm³/mol. The van der Waals surface area contributed by atoms with Crippen LogP contribution in [0.1, 0.15) is 22.8 Å². The van der Waals surface area contributed by atoms with Gasteiger partial charge in [-0.2, -0.15) is 0 Å². The number of anilines is 1. The minimum atomic E-state index is -0.0703. The molecule has 0 atom stereocenters. The fourth-order valence-corrected chi connectivity index (χ4v) is 4.70. The second kappa shape index (κ2) is 7.66. The van der Waals surface area contributed by atoms with Crippen LogP contribution >= 0.6 is 34.5 Å². The standard InChI is InChI=1S/C20H19Cl2N3OS/c1-2-13-3-6-17-18(11-13)27-20(23-17)25-9-7-24(8-10-25)19(26)15-12-14(21)4-5-16(15)22/h3-6,11-12H,2,7-10H2,1H3. The molecule has 27 heavy (non-hydrogen) atoms. The molecule has 1 aliphatic heterocycles. The number of benzene rings is 2. The first kappa shape index (κ1) is 18.5. The molecule has 7 heteroatoms. The van der Waals surface area contributed by atoms with E-state index in [4.69, 9.17) is 28.2 Å². The first-order chi connectivity index (χ1) is 13.0. The molecule has 140 valence electrons. The largest absolute Gasteiger partial charge is 0.345 e. The van der Waals surface area contributed by atoms with E-state index in [0.29, 0.717) is 28.7 Å². The first-order valence-electron chi connectivity index (χ1n) is 8.94. The summed E-state index contributed by atoms with van der Waals surface area (Å²) >= 11 is 13.9. The van der Waals surface area contributed by atoms with E-state index in [-0.39, 0.29) is 5.91 Å². The van der Waals surface area contributed by atoms with Crippen LogP contribution in [-0.2, 0) is 6.42 Å². The van der Waals surface area contributed by atoms with Gasteiger partial charge in [-0.15, -0.1) is 0 Å². The molecule has 0 aliphatic carbocycles. The molecule has 0 bridgehead atoms. The normalized spacial score (nSPS) is 14.8. The molecule has 4 nitrogen and oxygen atoms in total. The number of carbonyl (C=O) groups excluding carboxylic acids is 1. The van der Waals surface area contributed by atoms with Crippen LogP contribution in [0.25, 0.3) is 10.2 Å². The van der Waals surface area contributed by atoms with Crippen molar-refractivity contribution in [2.45, 2.75) is 13.3 Å². The maximum Gasteiger partial charge on any atom is 0.255 e. The molecule has 1 amide bonds. The summed E-state index contributed by atoms with van der Waals surface area (Å²) in [5, 5.41) is 1.97. The number of nitrogens with zero attached hydrogens (tertiary/aromatic N) is 3. The van der Waals surface area contributed by atoms with Crippen LogP contribution in [-0.4, -0.2) is 42.0 Å². The summed E-state index contributed by atoms with van der Waals surface area (Å²) in [5.41, 5.74) is 2.83. The van der Waals surface area contributed by atoms with Crippen LogP contribution in [0.4, 0.5) is 5.13 Å². The third-order valence-corrected chi connectivity index (χ3v) is 6.49. The van der Waals surface area contributed by atoms with Crippen LogP contribution in [0.5, 0.6) is 0 Å². The SMILES string of the molecule is CCc1ccc2nc(N3CCN(C(=O)c4cc(Cl)ccc4Cl)CC3)sc2c1. The zero-order chi connectivity index (χ0) is 19.0. The van der Waals surface area contributed by atoms with Gasteiger partial charge in [-0.3, -0.25) is 4.79 Å². The molecule has 0 unspecified atom stereocenters. The van der Waals surface area contributed by atoms with Gasteiger partial charge >= 0.3 is 0 Å². The van der Waals surface area contributed by atoms with E-state index < -0.39 is 0 Å². The Morgan fingerprint density at radius 1 is 1.11 bits per heavy atom. The van der Waals surface area contributed by atoms with Crippen molar-refractivity contribution in [1.29, 1.82) is 0 Å². The van der Waals surface area contributed by atoms with Gasteiger partial charge in [-0.1, -0.05) is 47.5 Å². The van der Waals surface area contributed by atoms with Crippen molar-refractivity contribution in [2.24, 2.45) is 0 Å². The molecule has 2 aromatic carbocycles. The monoisotopic (exact) mass is 419 g/mol. The van der Waals surface area contributed by atoms with Crippen molar-refractivity contribution in [1.82, 2.24) is 9.88 Å². The number of rotatable bonds is 3. The molecule has 1 aromatic heterocycles. The number of thiazole rings is 1. The lowest BCUT2D eigenvalue weighted by molar-refractivity contribution is 0.0747. The Morgan fingerprint density at radius 2 is 1.89 bits per heavy atom. The fraction of sp³-hybridized carbons (Fsp3) is 0.300. The Kier molecular flexibility index (Phi) is 5.26. The van der Waals surface area contributed by atoms with Crippen LogP contribution < -0.4 is 4.90 Å². The van der Waals surface area contributed by atoms with Crippen molar-refractivity contribution < 1.29 is 4.79 Å². The van der Waals surface area contributed by atoms with Crippen molar-refractivity contribution in [2.75, 3.05) is 31.1 Å². The lowest BCUT2D eigenvalue weighted by Crippen LogP contribution is -2.48. The summed E-state index contributed by atoms with van der Waals surface area (Å²) < 4.78 is 1.22. The van der Waals surface area contributed by atoms with Gasteiger partial charge in [0.2, 0.25) is 0 Å². The number of amides is 1. The average molecular weight is 420 g/mol. The highest BCUT2D eigenvalue weighted by Crippen LogP contribution is 2.30. The summed E-state index contributed by atoms with van der Waals surface area (Å²) in [5.74, 6) is -0.0703. The summed E-state index contributed by atoms with van der Waals surface area (Å²) in [6.07, 6.45) is 1.02. The minimum Gasteiger partial charge on any atom is -0.345 e. The van der Waals surface area contributed by atoms with Crippen LogP contribution in [0, 0.1) is 0 Å². The second-order valence-corrected chi connectivity index (χ2v) is 8.41. The zero-order valence-corrected chi connectivity index (χ0v) is 17.2. The van der Waals surface area contributed by atoms with E-state index in [2.05, 4.69) is 30.0 Å². The lowest BCUT2D eigenvalue weighted by atomic mass is 10.2. The van der Waals surface area contributed by atoms with Gasteiger partial charge < -0.3 is 9.80 Å². The number of piperazine rings is 1. The maximum atomic E-state index is 12.8. The predicted octanol–water partition coefficient (Wildman–Crippen LogP) is 5.13. The number of aromatic nitrogens is 1. The molecular formula is C20H19Cl2N3OS. The van der Waals surface area contributed by atoms with Gasteiger partial charge in [-0.25, -0.2) is 4.98 Å². The molecule has 4 rings (SSSR count). The lowest BCUT2D eigenvalue weighted by Gasteiger charge is -2.34. The van der Waals surface area contributed by atoms with Crippen molar-refractivity contribution in [3.8, 4) is 0 Å². The minimum absolute atomic E-state index is 0.0703. The van der Waals surface area contributed by atoms with Gasteiger partial charge in [0, 0.05) is 31.2 Å². The van der Waals surface area contributed by atoms with E-state index in [1.165, 1.54) is 10.3 Å². The highest BCUT2D eigenvalue weighted by molar-refractivity contribution is 7.22. The molecular weight excluding hydrogens is 401 g/mol. The second-order valence-electron chi connectivity index (χ2n) is 6.56. The summed E-state index contributed by atoms with van der Waals surface area (Å²) in [6.45, 7) is 4.94. The zero-order valence-electron chi connectivity index (χ0n) is 14.9. The number of carbonyl (C=O) groups is 1. The Morgan fingerprint density at radius 3 is 2.63 bits per heavy atom. The number of aryl methyl sites for hydroxylation is 1. The summed E-state index contributed by atoms with van der Waals surface area (Å²) in [4.78, 5) is 21.6. The summed E-state index contributed by atoms with van der Waals surface area (Å²) in [6, 6.07) is 11.4. The third-order valence-electron chi connectivity index (χ3n) is 4.85. The van der Waals surface area contributed by atoms with Gasteiger partial charge in [-0.05, 0) is 42.3 Å². The van der Waals surface area contributed by atoms with Crippen LogP contribution in [0.2, 0.25) is 10.0 Å². The molecule has 1 fully saturated rings. The van der Waals surface area contributed by atoms with Crippen molar-refractivity contribution in [3.05, 3.63) is 57.6 Å². The molecule has 0 N–H and O–H groups in total. The Balaban J connectivity index is 1.47. The van der Waals surface area contributed by atoms with E-state index in [1.807, 2.05) is 4.90 Å². The third kappa shape index (κ3) is 3.77. The number of fused-ring (bicyclic) bond motifs is 1. The van der Waals surface area contributed by atoms with Crippen molar-refractivity contribution in [3.63, 3.8) is 0 Å². The van der Waals surface area contributed by atoms with Gasteiger partial charge in [0.1, 0.15) is 0 Å². The molecule has 1 saturated heterocycles. The topological polar surface area (TPSA) is 36.4 Å². The molecule has 0 radical (unpaired) electrons. The first-order valence-corrected chi connectivity index (χ1v) is 10.5. The molecule has 0 spiro atoms. The Bertz CT molecular complexity index is 996. The van der Waals surface area contributed by atoms with E-state index in [0.717, 1.165) is 30.2 Å². The van der Waals surface area contributed by atoms with Crippen LogP contribution in [0.3, 0.4) is 0 Å². The average Bonchev–Trinajstić information content (AvgIpc) is 3.12. The molecule has 1 aliphatic rings. The molecule has 3 aromatic rings. The van der Waals surface area contributed by atoms with E-state index in [9.17, 15) is 4.79 Å². The van der Waals surface area contributed by atoms with Crippen molar-refractivity contribution >= 4 is 55.8 Å². The molecule has 0 saturated carbocycles. The number of hydrogen-bond acceptors (Lipinski definition) is 4. The number of halogens is 2. The smallest absolute Gasteiger partial charge is 0.255 e. The summed E-state index contributed by atoms with van der Waals surface area (Å²) in [7, 11) is 0. The maximum absolute atomic E-state index is 12.8. The molecule has 2 heterocycles. The fourth-order valence-electron chi connectivity index (χ4n) is 3.24. The highest BCUT2D eigenvalue weighted by atomic mass is 35.5. The quantitative estimate of drug-likeness (QED) is 0.590. The Labute approximate surface area is 172 Å². The van der Waals surface area contributed by atoms with Gasteiger partial charge in [0.25, 0.3) is 5.91 Å². The number of hydrogen-bond donors (Lipinski definition) is 0. The van der Waals surface area contributed by atoms with E-state index in [1.54, 1.807) is 29.5 Å².